The Labute approximate surface area is 161 Å². The van der Waals surface area contributed by atoms with Crippen molar-refractivity contribution in [3.8, 4) is 0 Å². The van der Waals surface area contributed by atoms with Crippen LogP contribution in [0, 0.1) is 0 Å². The van der Waals surface area contributed by atoms with Gasteiger partial charge in [-0.2, -0.15) is 0 Å². The Morgan fingerprint density at radius 1 is 1.00 bits per heavy atom. The molecule has 0 bridgehead atoms. The first-order valence-corrected chi connectivity index (χ1v) is 9.92. The smallest absolute Gasteiger partial charge is 0.254 e. The van der Waals surface area contributed by atoms with Crippen LogP contribution in [0.1, 0.15) is 58.9 Å². The molecule has 1 unspecified atom stereocenters. The lowest BCUT2D eigenvalue weighted by molar-refractivity contribution is 0.0607. The minimum atomic E-state index is -0.102. The second kappa shape index (κ2) is 9.36. The predicted molar refractivity (Wildman–Crippen MR) is 108 cm³/mol. The standard InChI is InChI=1S/C23H28N2O2/c1-2-21-10-6-7-17-25(21)23(27)20-13-11-19(12-14-20)22(26)24-16-15-18-8-4-3-5-9-18/h3-5,8-9,11-14,21H,2,6-7,10,15-17H2,1H3,(H,24,26). The van der Waals surface area contributed by atoms with Gasteiger partial charge in [0.2, 0.25) is 0 Å². The fourth-order valence-electron chi connectivity index (χ4n) is 3.69. The summed E-state index contributed by atoms with van der Waals surface area (Å²) in [5.41, 5.74) is 2.45. The third-order valence-electron chi connectivity index (χ3n) is 5.30. The molecule has 3 rings (SSSR count). The zero-order chi connectivity index (χ0) is 19.1. The Hall–Kier alpha value is -2.62. The minimum Gasteiger partial charge on any atom is -0.352 e. The molecule has 142 valence electrons. The molecule has 1 aliphatic heterocycles. The van der Waals surface area contributed by atoms with Gasteiger partial charge < -0.3 is 10.2 Å². The number of carbonyl (C=O) groups excluding carboxylic acids is 2. The van der Waals surface area contributed by atoms with Gasteiger partial charge in [-0.15, -0.1) is 0 Å². The molecule has 1 saturated heterocycles. The monoisotopic (exact) mass is 364 g/mol. The summed E-state index contributed by atoms with van der Waals surface area (Å²) >= 11 is 0. The molecule has 4 heteroatoms. The van der Waals surface area contributed by atoms with Gasteiger partial charge in [-0.1, -0.05) is 37.3 Å². The normalized spacial score (nSPS) is 16.8. The van der Waals surface area contributed by atoms with Crippen molar-refractivity contribution < 1.29 is 9.59 Å². The maximum atomic E-state index is 12.8. The zero-order valence-corrected chi connectivity index (χ0v) is 16.0. The van der Waals surface area contributed by atoms with Crippen LogP contribution in [0.15, 0.2) is 54.6 Å². The van der Waals surface area contributed by atoms with Gasteiger partial charge in [0.1, 0.15) is 0 Å². The molecule has 2 aromatic rings. The van der Waals surface area contributed by atoms with Gasteiger partial charge in [0, 0.05) is 30.3 Å². The molecule has 0 radical (unpaired) electrons. The largest absolute Gasteiger partial charge is 0.352 e. The molecule has 1 fully saturated rings. The van der Waals surface area contributed by atoms with Crippen molar-refractivity contribution in [2.24, 2.45) is 0 Å². The van der Waals surface area contributed by atoms with Crippen LogP contribution >= 0.6 is 0 Å². The minimum absolute atomic E-state index is 0.0811. The number of carbonyl (C=O) groups is 2. The van der Waals surface area contributed by atoms with Crippen LogP contribution < -0.4 is 5.32 Å². The van der Waals surface area contributed by atoms with E-state index in [-0.39, 0.29) is 11.8 Å². The summed E-state index contributed by atoms with van der Waals surface area (Å²) in [6, 6.07) is 17.5. The van der Waals surface area contributed by atoms with Crippen molar-refractivity contribution in [2.75, 3.05) is 13.1 Å². The van der Waals surface area contributed by atoms with Crippen molar-refractivity contribution in [1.29, 1.82) is 0 Å². The summed E-state index contributed by atoms with van der Waals surface area (Å²) in [4.78, 5) is 27.1. The summed E-state index contributed by atoms with van der Waals surface area (Å²) in [6.07, 6.45) is 5.16. The molecule has 1 heterocycles. The molecule has 1 aliphatic rings. The van der Waals surface area contributed by atoms with E-state index < -0.39 is 0 Å². The van der Waals surface area contributed by atoms with E-state index in [9.17, 15) is 9.59 Å². The number of amides is 2. The van der Waals surface area contributed by atoms with E-state index in [1.165, 1.54) is 12.0 Å². The van der Waals surface area contributed by atoms with Gasteiger partial charge in [0.05, 0.1) is 0 Å². The van der Waals surface area contributed by atoms with Crippen LogP contribution in [-0.2, 0) is 6.42 Å². The molecule has 1 N–H and O–H groups in total. The third-order valence-corrected chi connectivity index (χ3v) is 5.30. The molecule has 2 aromatic carbocycles. The Balaban J connectivity index is 1.56. The fraction of sp³-hybridized carbons (Fsp3) is 0.391. The van der Waals surface area contributed by atoms with Gasteiger partial charge in [0.25, 0.3) is 11.8 Å². The number of nitrogens with one attached hydrogen (secondary N) is 1. The highest BCUT2D eigenvalue weighted by molar-refractivity contribution is 5.98. The number of hydrogen-bond donors (Lipinski definition) is 1. The number of nitrogens with zero attached hydrogens (tertiary/aromatic N) is 1. The summed E-state index contributed by atoms with van der Waals surface area (Å²) in [7, 11) is 0. The van der Waals surface area contributed by atoms with Crippen molar-refractivity contribution in [3.63, 3.8) is 0 Å². The second-order valence-corrected chi connectivity index (χ2v) is 7.13. The second-order valence-electron chi connectivity index (χ2n) is 7.13. The third kappa shape index (κ3) is 4.97. The van der Waals surface area contributed by atoms with Gasteiger partial charge in [-0.05, 0) is 61.9 Å². The number of piperidine rings is 1. The first kappa shape index (κ1) is 19.2. The molecule has 1 atom stereocenters. The highest BCUT2D eigenvalue weighted by Gasteiger charge is 2.26. The lowest BCUT2D eigenvalue weighted by Crippen LogP contribution is -2.43. The van der Waals surface area contributed by atoms with E-state index in [1.807, 2.05) is 23.1 Å². The fourth-order valence-corrected chi connectivity index (χ4v) is 3.69. The maximum absolute atomic E-state index is 12.8. The lowest BCUT2D eigenvalue weighted by atomic mass is 9.98. The number of benzene rings is 2. The van der Waals surface area contributed by atoms with Crippen molar-refractivity contribution in [2.45, 2.75) is 45.1 Å². The van der Waals surface area contributed by atoms with Crippen LogP contribution in [0.25, 0.3) is 0 Å². The van der Waals surface area contributed by atoms with Crippen LogP contribution in [0.3, 0.4) is 0 Å². The number of hydrogen-bond acceptors (Lipinski definition) is 2. The van der Waals surface area contributed by atoms with Gasteiger partial charge >= 0.3 is 0 Å². The molecule has 0 saturated carbocycles. The Kier molecular flexibility index (Phi) is 6.64. The van der Waals surface area contributed by atoms with Crippen LogP contribution in [-0.4, -0.2) is 35.8 Å². The van der Waals surface area contributed by atoms with Crippen molar-refractivity contribution >= 4 is 11.8 Å². The molecular formula is C23H28N2O2. The molecule has 0 spiro atoms. The Morgan fingerprint density at radius 2 is 1.70 bits per heavy atom. The summed E-state index contributed by atoms with van der Waals surface area (Å²) in [6.45, 7) is 3.56. The topological polar surface area (TPSA) is 49.4 Å². The van der Waals surface area contributed by atoms with Gasteiger partial charge in [-0.3, -0.25) is 9.59 Å². The first-order chi connectivity index (χ1) is 13.2. The van der Waals surface area contributed by atoms with E-state index in [4.69, 9.17) is 0 Å². The molecule has 2 amide bonds. The molecule has 0 aromatic heterocycles. The van der Waals surface area contributed by atoms with Crippen LogP contribution in [0.4, 0.5) is 0 Å². The average Bonchev–Trinajstić information content (AvgIpc) is 2.74. The number of rotatable bonds is 6. The predicted octanol–water partition coefficient (Wildman–Crippen LogP) is 4.06. The zero-order valence-electron chi connectivity index (χ0n) is 16.0. The van der Waals surface area contributed by atoms with Crippen LogP contribution in [0.5, 0.6) is 0 Å². The SMILES string of the molecule is CCC1CCCCN1C(=O)c1ccc(C(=O)NCCc2ccccc2)cc1. The van der Waals surface area contributed by atoms with E-state index in [0.717, 1.165) is 32.2 Å². The van der Waals surface area contributed by atoms with E-state index in [2.05, 4.69) is 24.4 Å². The summed E-state index contributed by atoms with van der Waals surface area (Å²) < 4.78 is 0. The molecule has 0 aliphatic carbocycles. The van der Waals surface area contributed by atoms with Crippen molar-refractivity contribution in [3.05, 3.63) is 71.3 Å². The summed E-state index contributed by atoms with van der Waals surface area (Å²) in [5, 5.41) is 2.94. The van der Waals surface area contributed by atoms with Gasteiger partial charge in [0.15, 0.2) is 0 Å². The van der Waals surface area contributed by atoms with E-state index in [0.29, 0.717) is 23.7 Å². The Bertz CT molecular complexity index is 756. The number of likely N-dealkylation sites (tertiary alicyclic amines) is 1. The van der Waals surface area contributed by atoms with Crippen molar-refractivity contribution in [1.82, 2.24) is 10.2 Å². The lowest BCUT2D eigenvalue weighted by Gasteiger charge is -2.35. The molecule has 4 nitrogen and oxygen atoms in total. The maximum Gasteiger partial charge on any atom is 0.254 e. The molecular weight excluding hydrogens is 336 g/mol. The van der Waals surface area contributed by atoms with E-state index >= 15 is 0 Å². The summed E-state index contributed by atoms with van der Waals surface area (Å²) in [5.74, 6) is -0.0214. The highest BCUT2D eigenvalue weighted by Crippen LogP contribution is 2.22. The quantitative estimate of drug-likeness (QED) is 0.840. The Morgan fingerprint density at radius 3 is 2.41 bits per heavy atom. The van der Waals surface area contributed by atoms with Gasteiger partial charge in [-0.25, -0.2) is 0 Å². The first-order valence-electron chi connectivity index (χ1n) is 9.92. The van der Waals surface area contributed by atoms with E-state index in [1.54, 1.807) is 24.3 Å². The highest BCUT2D eigenvalue weighted by atomic mass is 16.2. The average molecular weight is 364 g/mol. The van der Waals surface area contributed by atoms with Crippen LogP contribution in [0.2, 0.25) is 0 Å². The molecule has 27 heavy (non-hydrogen) atoms.